The first-order valence-corrected chi connectivity index (χ1v) is 10.1. The van der Waals surface area contributed by atoms with Crippen LogP contribution in [0.4, 0.5) is 5.69 Å². The summed E-state index contributed by atoms with van der Waals surface area (Å²) in [6.07, 6.45) is 0.975. The zero-order chi connectivity index (χ0) is 17.9. The fourth-order valence-corrected chi connectivity index (χ4v) is 4.32. The van der Waals surface area contributed by atoms with E-state index in [-0.39, 0.29) is 5.91 Å². The Balaban J connectivity index is 1.28. The predicted octanol–water partition coefficient (Wildman–Crippen LogP) is 3.16. The first-order chi connectivity index (χ1) is 12.7. The quantitative estimate of drug-likeness (QED) is 0.769. The maximum absolute atomic E-state index is 12.8. The van der Waals surface area contributed by atoms with Gasteiger partial charge in [0.1, 0.15) is 0 Å². The molecule has 0 saturated carbocycles. The van der Waals surface area contributed by atoms with Gasteiger partial charge >= 0.3 is 0 Å². The van der Waals surface area contributed by atoms with Crippen molar-refractivity contribution in [3.05, 3.63) is 64.1 Å². The van der Waals surface area contributed by atoms with Gasteiger partial charge in [-0.15, -0.1) is 0 Å². The van der Waals surface area contributed by atoms with Gasteiger partial charge in [-0.05, 0) is 35.7 Å². The van der Waals surface area contributed by atoms with Gasteiger partial charge in [-0.2, -0.15) is 0 Å². The Morgan fingerprint density at radius 2 is 1.69 bits per heavy atom. The van der Waals surface area contributed by atoms with E-state index in [4.69, 9.17) is 0 Å². The van der Waals surface area contributed by atoms with Crippen LogP contribution in [0, 0.1) is 0 Å². The lowest BCUT2D eigenvalue weighted by atomic mass is 10.2. The van der Waals surface area contributed by atoms with Gasteiger partial charge in [0, 0.05) is 49.4 Å². The highest BCUT2D eigenvalue weighted by atomic mass is 79.9. The average molecular weight is 414 g/mol. The number of hydrogen-bond donors (Lipinski definition) is 0. The summed E-state index contributed by atoms with van der Waals surface area (Å²) >= 11 is 3.54. The molecule has 1 amide bonds. The van der Waals surface area contributed by atoms with Crippen LogP contribution in [-0.2, 0) is 17.8 Å². The summed E-state index contributed by atoms with van der Waals surface area (Å²) < 4.78 is 1.13. The van der Waals surface area contributed by atoms with E-state index >= 15 is 0 Å². The Labute approximate surface area is 163 Å². The van der Waals surface area contributed by atoms with Gasteiger partial charge in [0.25, 0.3) is 0 Å². The number of benzene rings is 2. The molecule has 2 aromatic rings. The number of fused-ring (bicyclic) bond motifs is 1. The number of halogens is 1. The van der Waals surface area contributed by atoms with Crippen molar-refractivity contribution in [2.75, 3.05) is 44.2 Å². The highest BCUT2D eigenvalue weighted by Gasteiger charge is 2.26. The number of carbonyl (C=O) groups is 1. The number of rotatable bonds is 4. The van der Waals surface area contributed by atoms with Crippen LogP contribution in [0.25, 0.3) is 0 Å². The van der Waals surface area contributed by atoms with Crippen molar-refractivity contribution in [1.29, 1.82) is 0 Å². The summed E-state index contributed by atoms with van der Waals surface area (Å²) in [7, 11) is 0. The predicted molar refractivity (Wildman–Crippen MR) is 108 cm³/mol. The maximum atomic E-state index is 12.8. The summed E-state index contributed by atoms with van der Waals surface area (Å²) in [5, 5.41) is 0. The molecule has 1 saturated heterocycles. The minimum Gasteiger partial charge on any atom is -0.311 e. The number of amides is 1. The largest absolute Gasteiger partial charge is 0.311 e. The van der Waals surface area contributed by atoms with Crippen molar-refractivity contribution < 1.29 is 4.79 Å². The molecule has 2 aliphatic rings. The Kier molecular flexibility index (Phi) is 5.38. The molecule has 2 aliphatic heterocycles. The third kappa shape index (κ3) is 4.00. The van der Waals surface area contributed by atoms with Gasteiger partial charge in [-0.1, -0.05) is 46.3 Å². The van der Waals surface area contributed by atoms with E-state index < -0.39 is 0 Å². The Morgan fingerprint density at radius 3 is 2.50 bits per heavy atom. The van der Waals surface area contributed by atoms with E-state index in [1.807, 2.05) is 11.0 Å². The number of para-hydroxylation sites is 1. The Bertz CT molecular complexity index is 786. The van der Waals surface area contributed by atoms with Crippen molar-refractivity contribution in [3.63, 3.8) is 0 Å². The van der Waals surface area contributed by atoms with Crippen molar-refractivity contribution >= 4 is 27.5 Å². The molecule has 4 nitrogen and oxygen atoms in total. The molecule has 26 heavy (non-hydrogen) atoms. The number of anilines is 1. The lowest BCUT2D eigenvalue weighted by Gasteiger charge is -2.35. The van der Waals surface area contributed by atoms with Gasteiger partial charge < -0.3 is 4.90 Å². The van der Waals surface area contributed by atoms with Crippen LogP contribution in [0.5, 0.6) is 0 Å². The fourth-order valence-electron chi connectivity index (χ4n) is 3.87. The second-order valence-electron chi connectivity index (χ2n) is 7.11. The second kappa shape index (κ2) is 7.91. The van der Waals surface area contributed by atoms with E-state index in [2.05, 4.69) is 68.2 Å². The van der Waals surface area contributed by atoms with Gasteiger partial charge in [0.2, 0.25) is 5.91 Å². The zero-order valence-corrected chi connectivity index (χ0v) is 16.5. The van der Waals surface area contributed by atoms with Gasteiger partial charge in [0.15, 0.2) is 0 Å². The van der Waals surface area contributed by atoms with Crippen LogP contribution in [0.3, 0.4) is 0 Å². The number of piperazine rings is 1. The van der Waals surface area contributed by atoms with E-state index in [1.165, 1.54) is 11.1 Å². The van der Waals surface area contributed by atoms with Crippen molar-refractivity contribution in [1.82, 2.24) is 9.80 Å². The fraction of sp³-hybridized carbons (Fsp3) is 0.381. The van der Waals surface area contributed by atoms with Crippen LogP contribution in [0.1, 0.15) is 11.1 Å². The molecule has 0 N–H and O–H groups in total. The first kappa shape index (κ1) is 17.7. The summed E-state index contributed by atoms with van der Waals surface area (Å²) in [5.41, 5.74) is 3.73. The number of hydrogen-bond acceptors (Lipinski definition) is 3. The zero-order valence-electron chi connectivity index (χ0n) is 14.9. The van der Waals surface area contributed by atoms with Gasteiger partial charge in [-0.25, -0.2) is 0 Å². The molecular weight excluding hydrogens is 390 g/mol. The van der Waals surface area contributed by atoms with Crippen LogP contribution < -0.4 is 4.90 Å². The van der Waals surface area contributed by atoms with Crippen LogP contribution in [0.15, 0.2) is 53.0 Å². The van der Waals surface area contributed by atoms with Crippen molar-refractivity contribution in [2.45, 2.75) is 13.0 Å². The molecule has 0 radical (unpaired) electrons. The Hall–Kier alpha value is -1.69. The first-order valence-electron chi connectivity index (χ1n) is 9.26. The van der Waals surface area contributed by atoms with E-state index in [1.54, 1.807) is 0 Å². The van der Waals surface area contributed by atoms with Crippen molar-refractivity contribution in [2.24, 2.45) is 0 Å². The lowest BCUT2D eigenvalue weighted by Crippen LogP contribution is -2.49. The van der Waals surface area contributed by atoms with E-state index in [0.29, 0.717) is 6.54 Å². The molecule has 5 heteroatoms. The van der Waals surface area contributed by atoms with Crippen LogP contribution in [0.2, 0.25) is 0 Å². The molecule has 0 atom stereocenters. The highest BCUT2D eigenvalue weighted by molar-refractivity contribution is 9.10. The maximum Gasteiger partial charge on any atom is 0.241 e. The van der Waals surface area contributed by atoms with Crippen molar-refractivity contribution in [3.8, 4) is 0 Å². The Morgan fingerprint density at radius 1 is 0.923 bits per heavy atom. The molecule has 2 heterocycles. The molecule has 1 fully saturated rings. The number of nitrogens with zero attached hydrogens (tertiary/aromatic N) is 3. The normalized spacial score (nSPS) is 18.1. The monoisotopic (exact) mass is 413 g/mol. The molecular formula is C21H24BrN3O. The third-order valence-electron chi connectivity index (χ3n) is 5.31. The molecule has 0 unspecified atom stereocenters. The smallest absolute Gasteiger partial charge is 0.241 e. The summed E-state index contributed by atoms with van der Waals surface area (Å²) in [6, 6.07) is 16.8. The lowest BCUT2D eigenvalue weighted by molar-refractivity contribution is -0.120. The molecule has 136 valence electrons. The van der Waals surface area contributed by atoms with Gasteiger partial charge in [-0.3, -0.25) is 14.6 Å². The third-order valence-corrected chi connectivity index (χ3v) is 5.80. The molecule has 4 rings (SSSR count). The summed E-state index contributed by atoms with van der Waals surface area (Å²) in [5.74, 6) is 0.232. The van der Waals surface area contributed by atoms with Crippen LogP contribution in [-0.4, -0.2) is 55.0 Å². The highest BCUT2D eigenvalue weighted by Crippen LogP contribution is 2.27. The number of carbonyl (C=O) groups excluding carboxylic acids is 1. The van der Waals surface area contributed by atoms with Gasteiger partial charge in [0.05, 0.1) is 6.54 Å². The molecule has 0 aliphatic carbocycles. The SMILES string of the molecule is O=C(CN1CCN(Cc2cccc(Br)c2)CC1)N1CCc2ccccc21. The molecule has 0 bridgehead atoms. The summed E-state index contributed by atoms with van der Waals surface area (Å²) in [4.78, 5) is 19.5. The molecule has 2 aromatic carbocycles. The molecule has 0 spiro atoms. The van der Waals surface area contributed by atoms with E-state index in [0.717, 1.165) is 55.8 Å². The molecule has 0 aromatic heterocycles. The standard InChI is InChI=1S/C21H24BrN3O/c22-19-6-3-4-17(14-19)15-23-10-12-24(13-11-23)16-21(26)25-9-8-18-5-1-2-7-20(18)25/h1-7,14H,8-13,15-16H2. The minimum atomic E-state index is 0.232. The average Bonchev–Trinajstić information content (AvgIpc) is 3.08. The minimum absolute atomic E-state index is 0.232. The van der Waals surface area contributed by atoms with Crippen LogP contribution >= 0.6 is 15.9 Å². The second-order valence-corrected chi connectivity index (χ2v) is 8.02. The summed E-state index contributed by atoms with van der Waals surface area (Å²) in [6.45, 7) is 6.25. The topological polar surface area (TPSA) is 26.8 Å². The van der Waals surface area contributed by atoms with E-state index in [9.17, 15) is 4.79 Å².